The average Bonchev–Trinajstić information content (AvgIpc) is 2.33. The van der Waals surface area contributed by atoms with E-state index >= 15 is 0 Å². The Morgan fingerprint density at radius 3 is 2.72 bits per heavy atom. The molecule has 1 aromatic carbocycles. The largest absolute Gasteiger partial charge is 0.494 e. The van der Waals surface area contributed by atoms with Crippen molar-refractivity contribution in [3.8, 4) is 5.75 Å². The molecule has 1 N–H and O–H groups in total. The van der Waals surface area contributed by atoms with Crippen molar-refractivity contribution in [2.24, 2.45) is 0 Å². The molecule has 0 aliphatic carbocycles. The maximum Gasteiger partial charge on any atom is 0.264 e. The lowest BCUT2D eigenvalue weighted by atomic mass is 9.99. The molecule has 1 rings (SSSR count). The quantitative estimate of drug-likeness (QED) is 0.612. The molecule has 0 heterocycles. The van der Waals surface area contributed by atoms with Crippen molar-refractivity contribution in [2.45, 2.75) is 32.6 Å². The topological polar surface area (TPSA) is 63.6 Å². The summed E-state index contributed by atoms with van der Waals surface area (Å²) in [5.74, 6) is 0.951. The first kappa shape index (κ1) is 15.0. The lowest BCUT2D eigenvalue weighted by Gasteiger charge is -2.11. The van der Waals surface area contributed by atoms with Crippen LogP contribution in [0.2, 0.25) is 0 Å². The summed E-state index contributed by atoms with van der Waals surface area (Å²) < 4.78 is 35.1. The van der Waals surface area contributed by atoms with E-state index in [0.29, 0.717) is 5.92 Å². The predicted octanol–water partition coefficient (Wildman–Crippen LogP) is 2.86. The van der Waals surface area contributed by atoms with Crippen molar-refractivity contribution in [1.82, 2.24) is 0 Å². The van der Waals surface area contributed by atoms with Crippen LogP contribution in [0.1, 0.15) is 38.2 Å². The highest BCUT2D eigenvalue weighted by atomic mass is 32.2. The van der Waals surface area contributed by atoms with E-state index in [-0.39, 0.29) is 18.8 Å². The Hall–Kier alpha value is -1.07. The van der Waals surface area contributed by atoms with Gasteiger partial charge in [0, 0.05) is 0 Å². The molecular formula is C13H20O4S. The third kappa shape index (κ3) is 5.51. The number of rotatable bonds is 7. The summed E-state index contributed by atoms with van der Waals surface area (Å²) in [6.45, 7) is 4.56. The molecule has 0 saturated carbocycles. The number of hydrogen-bond acceptors (Lipinski definition) is 3. The first-order valence-electron chi connectivity index (χ1n) is 6.10. The van der Waals surface area contributed by atoms with Crippen molar-refractivity contribution in [1.29, 1.82) is 0 Å². The standard InChI is InChI=1S/C13H20O4S/c1-3-11(2)12-6-4-7-13(10-12)17-8-5-9-18(14,15)16/h4,6-7,10-11H,3,5,8-9H2,1-2H3,(H,14,15,16). The van der Waals surface area contributed by atoms with Crippen molar-refractivity contribution in [3.63, 3.8) is 0 Å². The summed E-state index contributed by atoms with van der Waals surface area (Å²) in [6, 6.07) is 7.81. The lowest BCUT2D eigenvalue weighted by Crippen LogP contribution is -2.08. The van der Waals surface area contributed by atoms with Crippen molar-refractivity contribution in [2.75, 3.05) is 12.4 Å². The highest BCUT2D eigenvalue weighted by Crippen LogP contribution is 2.22. The van der Waals surface area contributed by atoms with Gasteiger partial charge in [-0.1, -0.05) is 26.0 Å². The molecule has 1 aromatic rings. The van der Waals surface area contributed by atoms with E-state index in [1.807, 2.05) is 18.2 Å². The second kappa shape index (κ2) is 6.75. The van der Waals surface area contributed by atoms with Gasteiger partial charge in [0.05, 0.1) is 12.4 Å². The molecule has 0 saturated heterocycles. The lowest BCUT2D eigenvalue weighted by molar-refractivity contribution is 0.315. The van der Waals surface area contributed by atoms with Gasteiger partial charge in [0.15, 0.2) is 0 Å². The Morgan fingerprint density at radius 1 is 1.39 bits per heavy atom. The maximum absolute atomic E-state index is 10.5. The zero-order valence-electron chi connectivity index (χ0n) is 10.8. The molecule has 0 bridgehead atoms. The van der Waals surface area contributed by atoms with E-state index in [1.165, 1.54) is 5.56 Å². The van der Waals surface area contributed by atoms with Gasteiger partial charge >= 0.3 is 0 Å². The molecule has 18 heavy (non-hydrogen) atoms. The van der Waals surface area contributed by atoms with Gasteiger partial charge in [0.2, 0.25) is 0 Å². The Morgan fingerprint density at radius 2 is 2.11 bits per heavy atom. The molecule has 4 nitrogen and oxygen atoms in total. The van der Waals surface area contributed by atoms with Gasteiger partial charge in [0.1, 0.15) is 5.75 Å². The molecule has 1 unspecified atom stereocenters. The van der Waals surface area contributed by atoms with Gasteiger partial charge in [-0.2, -0.15) is 8.42 Å². The van der Waals surface area contributed by atoms with Crippen LogP contribution >= 0.6 is 0 Å². The SMILES string of the molecule is CCC(C)c1cccc(OCCCS(=O)(=O)O)c1. The Balaban J connectivity index is 2.48. The molecule has 5 heteroatoms. The van der Waals surface area contributed by atoms with Crippen LogP contribution in [0, 0.1) is 0 Å². The minimum absolute atomic E-state index is 0.266. The molecule has 0 aliphatic rings. The van der Waals surface area contributed by atoms with Crippen LogP contribution in [0.15, 0.2) is 24.3 Å². The smallest absolute Gasteiger partial charge is 0.264 e. The Labute approximate surface area is 109 Å². The predicted molar refractivity (Wildman–Crippen MR) is 71.7 cm³/mol. The van der Waals surface area contributed by atoms with Gasteiger partial charge in [-0.25, -0.2) is 0 Å². The van der Waals surface area contributed by atoms with Crippen LogP contribution in [0.4, 0.5) is 0 Å². The molecule has 102 valence electrons. The normalized spacial score (nSPS) is 13.3. The van der Waals surface area contributed by atoms with E-state index in [4.69, 9.17) is 9.29 Å². The monoisotopic (exact) mass is 272 g/mol. The molecule has 0 fully saturated rings. The van der Waals surface area contributed by atoms with Gasteiger partial charge in [-0.15, -0.1) is 0 Å². The van der Waals surface area contributed by atoms with E-state index < -0.39 is 10.1 Å². The highest BCUT2D eigenvalue weighted by Gasteiger charge is 2.06. The van der Waals surface area contributed by atoms with Gasteiger partial charge in [-0.3, -0.25) is 4.55 Å². The first-order chi connectivity index (χ1) is 8.42. The van der Waals surface area contributed by atoms with Crippen LogP contribution in [0.25, 0.3) is 0 Å². The maximum atomic E-state index is 10.5. The molecule has 0 aromatic heterocycles. The van der Waals surface area contributed by atoms with Crippen LogP contribution < -0.4 is 4.74 Å². The minimum Gasteiger partial charge on any atom is -0.494 e. The summed E-state index contributed by atoms with van der Waals surface area (Å²) in [6.07, 6.45) is 1.35. The highest BCUT2D eigenvalue weighted by molar-refractivity contribution is 7.85. The van der Waals surface area contributed by atoms with Crippen molar-refractivity contribution >= 4 is 10.1 Å². The fourth-order valence-electron chi connectivity index (χ4n) is 1.58. The summed E-state index contributed by atoms with van der Waals surface area (Å²) >= 11 is 0. The zero-order valence-corrected chi connectivity index (χ0v) is 11.6. The third-order valence-electron chi connectivity index (χ3n) is 2.85. The van der Waals surface area contributed by atoms with Gasteiger partial charge in [-0.05, 0) is 36.5 Å². The summed E-state index contributed by atoms with van der Waals surface area (Å²) in [5, 5.41) is 0. The summed E-state index contributed by atoms with van der Waals surface area (Å²) in [4.78, 5) is 0. The van der Waals surface area contributed by atoms with Crippen LogP contribution in [-0.2, 0) is 10.1 Å². The number of hydrogen-bond donors (Lipinski definition) is 1. The van der Waals surface area contributed by atoms with Crippen molar-refractivity contribution < 1.29 is 17.7 Å². The Kier molecular flexibility index (Phi) is 5.62. The fraction of sp³-hybridized carbons (Fsp3) is 0.538. The van der Waals surface area contributed by atoms with E-state index in [9.17, 15) is 8.42 Å². The molecule has 1 atom stereocenters. The number of benzene rings is 1. The van der Waals surface area contributed by atoms with E-state index in [1.54, 1.807) is 0 Å². The first-order valence-corrected chi connectivity index (χ1v) is 7.71. The fourth-order valence-corrected chi connectivity index (χ4v) is 2.06. The summed E-state index contributed by atoms with van der Waals surface area (Å²) in [7, 11) is -3.88. The second-order valence-corrected chi connectivity index (χ2v) is 5.94. The molecular weight excluding hydrogens is 252 g/mol. The molecule has 0 aliphatic heterocycles. The van der Waals surface area contributed by atoms with Crippen LogP contribution in [-0.4, -0.2) is 25.3 Å². The Bertz CT molecular complexity index is 468. The average molecular weight is 272 g/mol. The zero-order chi connectivity index (χ0) is 13.6. The van der Waals surface area contributed by atoms with Crippen LogP contribution in [0.5, 0.6) is 5.75 Å². The number of ether oxygens (including phenoxy) is 1. The summed E-state index contributed by atoms with van der Waals surface area (Å²) in [5.41, 5.74) is 1.21. The van der Waals surface area contributed by atoms with Crippen molar-refractivity contribution in [3.05, 3.63) is 29.8 Å². The van der Waals surface area contributed by atoms with E-state index in [2.05, 4.69) is 19.9 Å². The van der Waals surface area contributed by atoms with Gasteiger partial charge in [0.25, 0.3) is 10.1 Å². The minimum atomic E-state index is -3.88. The van der Waals surface area contributed by atoms with Crippen LogP contribution in [0.3, 0.4) is 0 Å². The third-order valence-corrected chi connectivity index (χ3v) is 3.66. The van der Waals surface area contributed by atoms with E-state index in [0.717, 1.165) is 12.2 Å². The molecule has 0 spiro atoms. The van der Waals surface area contributed by atoms with Gasteiger partial charge < -0.3 is 4.74 Å². The second-order valence-electron chi connectivity index (χ2n) is 4.37. The molecule has 0 amide bonds. The molecule has 0 radical (unpaired) electrons.